The van der Waals surface area contributed by atoms with Crippen LogP contribution in [0.1, 0.15) is 68.9 Å². The second-order valence-corrected chi connectivity index (χ2v) is 12.2. The molecule has 4 rings (SSSR count). The van der Waals surface area contributed by atoms with E-state index in [1.807, 2.05) is 37.3 Å². The van der Waals surface area contributed by atoms with Crippen LogP contribution in [0.5, 0.6) is 0 Å². The number of ether oxygens (including phenoxy) is 1. The number of nitrogens with zero attached hydrogens (tertiary/aromatic N) is 3. The number of likely N-dealkylation sites (tertiary alicyclic amines) is 1. The zero-order chi connectivity index (χ0) is 34.0. The number of unbranched alkanes of at least 4 members (excludes halogenated alkanes) is 1. The summed E-state index contributed by atoms with van der Waals surface area (Å²) in [4.78, 5) is 57.7. The number of primary amides is 1. The van der Waals surface area contributed by atoms with E-state index in [-0.39, 0.29) is 17.6 Å². The van der Waals surface area contributed by atoms with Crippen LogP contribution in [-0.4, -0.2) is 73.2 Å². The third-order valence-electron chi connectivity index (χ3n) is 9.39. The van der Waals surface area contributed by atoms with Gasteiger partial charge >= 0.3 is 5.97 Å². The molecule has 2 aliphatic rings. The topological polar surface area (TPSA) is 183 Å². The largest absolute Gasteiger partial charge is 0.468 e. The van der Waals surface area contributed by atoms with E-state index in [1.165, 1.54) is 19.2 Å². The summed E-state index contributed by atoms with van der Waals surface area (Å²) in [6, 6.07) is 15.7. The number of aliphatic imine (C=N–C) groups is 1. The van der Waals surface area contributed by atoms with Crippen molar-refractivity contribution in [2.75, 3.05) is 39.8 Å². The molecule has 0 radical (unpaired) electrons. The molecule has 0 aromatic heterocycles. The van der Waals surface area contributed by atoms with Gasteiger partial charge in [0, 0.05) is 41.6 Å². The molecule has 12 heteroatoms. The van der Waals surface area contributed by atoms with Crippen LogP contribution in [0.15, 0.2) is 70.9 Å². The molecule has 2 atom stereocenters. The van der Waals surface area contributed by atoms with Gasteiger partial charge < -0.3 is 26.4 Å². The number of benzene rings is 2. The standard InChI is InChI=1S/C35H46N6O6/c1-3-27-30(32(37)42)29(24-13-15-26(16-14-24)41(45)46)31(28(39-27)12-7-8-19-36)33(43)38-20-9-21-40-22-17-35(18-23-40,34(44)47-2)25-10-5-4-6-11-25/h4-6,10-11,13-16,29-30H,3,7-9,12,17-23,36H2,1-2H3,(H2,37,42)(H,38,43). The fourth-order valence-corrected chi connectivity index (χ4v) is 6.85. The summed E-state index contributed by atoms with van der Waals surface area (Å²) in [7, 11) is 1.43. The number of allylic oxidation sites excluding steroid dienone is 1. The van der Waals surface area contributed by atoms with Gasteiger partial charge in [0.05, 0.1) is 23.4 Å². The summed E-state index contributed by atoms with van der Waals surface area (Å²) in [5.41, 5.74) is 14.0. The molecule has 252 valence electrons. The first-order chi connectivity index (χ1) is 22.7. The van der Waals surface area contributed by atoms with E-state index in [2.05, 4.69) is 10.2 Å². The molecule has 12 nitrogen and oxygen atoms in total. The number of hydrogen-bond donors (Lipinski definition) is 3. The van der Waals surface area contributed by atoms with Gasteiger partial charge in [-0.1, -0.05) is 49.4 Å². The molecule has 47 heavy (non-hydrogen) atoms. The fraction of sp³-hybridized carbons (Fsp3) is 0.486. The van der Waals surface area contributed by atoms with Gasteiger partial charge in [0.2, 0.25) is 11.8 Å². The number of rotatable bonds is 15. The second-order valence-electron chi connectivity index (χ2n) is 12.2. The van der Waals surface area contributed by atoms with E-state index in [9.17, 15) is 24.5 Å². The zero-order valence-electron chi connectivity index (χ0n) is 27.3. The molecule has 0 saturated carbocycles. The van der Waals surface area contributed by atoms with Crippen LogP contribution in [0.2, 0.25) is 0 Å². The summed E-state index contributed by atoms with van der Waals surface area (Å²) in [6.45, 7) is 4.92. The third-order valence-corrected chi connectivity index (χ3v) is 9.39. The highest BCUT2D eigenvalue weighted by molar-refractivity contribution is 6.09. The minimum Gasteiger partial charge on any atom is -0.468 e. The van der Waals surface area contributed by atoms with Crippen LogP contribution < -0.4 is 16.8 Å². The van der Waals surface area contributed by atoms with Crippen molar-refractivity contribution in [3.8, 4) is 0 Å². The highest BCUT2D eigenvalue weighted by atomic mass is 16.6. The fourth-order valence-electron chi connectivity index (χ4n) is 6.85. The number of carbonyl (C=O) groups excluding carboxylic acids is 3. The Kier molecular flexibility index (Phi) is 12.4. The lowest BCUT2D eigenvalue weighted by molar-refractivity contribution is -0.384. The minimum atomic E-state index is -0.867. The average molecular weight is 647 g/mol. The molecular weight excluding hydrogens is 600 g/mol. The second kappa shape index (κ2) is 16.4. The maximum atomic E-state index is 14.0. The molecule has 2 heterocycles. The Morgan fingerprint density at radius 2 is 1.74 bits per heavy atom. The highest BCUT2D eigenvalue weighted by Gasteiger charge is 2.44. The predicted molar refractivity (Wildman–Crippen MR) is 180 cm³/mol. The van der Waals surface area contributed by atoms with E-state index in [0.29, 0.717) is 87.2 Å². The SMILES string of the molecule is CCC1=NC(CCCCN)=C(C(=O)NCCCN2CCC(C(=O)OC)(c3ccccc3)CC2)C(c2ccc([N+](=O)[O-])cc2)C1C(N)=O. The number of hydrogen-bond acceptors (Lipinski definition) is 9. The van der Waals surface area contributed by atoms with Gasteiger partial charge in [-0.3, -0.25) is 29.5 Å². The molecule has 2 aromatic carbocycles. The van der Waals surface area contributed by atoms with Gasteiger partial charge in [0.1, 0.15) is 0 Å². The lowest BCUT2D eigenvalue weighted by atomic mass is 9.72. The first-order valence-corrected chi connectivity index (χ1v) is 16.4. The van der Waals surface area contributed by atoms with Crippen molar-refractivity contribution in [1.82, 2.24) is 10.2 Å². The normalized spacial score (nSPS) is 19.5. The Morgan fingerprint density at radius 3 is 2.32 bits per heavy atom. The maximum Gasteiger partial charge on any atom is 0.316 e. The van der Waals surface area contributed by atoms with Gasteiger partial charge in [0.15, 0.2) is 0 Å². The molecule has 2 unspecified atom stereocenters. The highest BCUT2D eigenvalue weighted by Crippen LogP contribution is 2.41. The molecule has 0 aliphatic carbocycles. The number of nitro benzene ring substituents is 1. The zero-order valence-corrected chi connectivity index (χ0v) is 27.3. The van der Waals surface area contributed by atoms with Crippen LogP contribution in [-0.2, 0) is 24.5 Å². The number of nitrogens with one attached hydrogen (secondary N) is 1. The van der Waals surface area contributed by atoms with E-state index < -0.39 is 28.1 Å². The molecule has 2 aromatic rings. The Bertz CT molecular complexity index is 1480. The summed E-state index contributed by atoms with van der Waals surface area (Å²) in [6.07, 6.45) is 4.36. The Balaban J connectivity index is 1.50. The Morgan fingerprint density at radius 1 is 1.06 bits per heavy atom. The molecule has 1 saturated heterocycles. The van der Waals surface area contributed by atoms with E-state index in [0.717, 1.165) is 18.5 Å². The van der Waals surface area contributed by atoms with Gasteiger partial charge in [-0.25, -0.2) is 0 Å². The van der Waals surface area contributed by atoms with E-state index >= 15 is 0 Å². The monoisotopic (exact) mass is 646 g/mol. The van der Waals surface area contributed by atoms with Crippen LogP contribution in [0.4, 0.5) is 5.69 Å². The number of non-ortho nitro benzene ring substituents is 1. The van der Waals surface area contributed by atoms with Crippen molar-refractivity contribution in [3.05, 3.63) is 87.1 Å². The summed E-state index contributed by atoms with van der Waals surface area (Å²) >= 11 is 0. The van der Waals surface area contributed by atoms with Gasteiger partial charge in [-0.05, 0) is 82.3 Å². The van der Waals surface area contributed by atoms with Crippen LogP contribution in [0, 0.1) is 16.0 Å². The van der Waals surface area contributed by atoms with Crippen molar-refractivity contribution >= 4 is 29.2 Å². The van der Waals surface area contributed by atoms with Crippen molar-refractivity contribution in [1.29, 1.82) is 0 Å². The lowest BCUT2D eigenvalue weighted by Crippen LogP contribution is -2.48. The van der Waals surface area contributed by atoms with Crippen molar-refractivity contribution in [2.24, 2.45) is 22.4 Å². The van der Waals surface area contributed by atoms with Gasteiger partial charge in [-0.2, -0.15) is 0 Å². The number of piperidine rings is 1. The van der Waals surface area contributed by atoms with E-state index in [4.69, 9.17) is 21.2 Å². The smallest absolute Gasteiger partial charge is 0.316 e. The Hall–Kier alpha value is -4.42. The number of methoxy groups -OCH3 is 1. The number of nitrogens with two attached hydrogens (primary N) is 2. The minimum absolute atomic E-state index is 0.0898. The molecule has 2 amide bonds. The van der Waals surface area contributed by atoms with Gasteiger partial charge in [-0.15, -0.1) is 0 Å². The summed E-state index contributed by atoms with van der Waals surface area (Å²) < 4.78 is 5.21. The number of carbonyl (C=O) groups is 3. The first-order valence-electron chi connectivity index (χ1n) is 16.4. The third kappa shape index (κ3) is 8.12. The predicted octanol–water partition coefficient (Wildman–Crippen LogP) is 3.74. The number of amides is 2. The van der Waals surface area contributed by atoms with Crippen molar-refractivity contribution in [2.45, 2.75) is 63.2 Å². The van der Waals surface area contributed by atoms with Crippen molar-refractivity contribution < 1.29 is 24.0 Å². The number of esters is 1. The van der Waals surface area contributed by atoms with E-state index in [1.54, 1.807) is 12.1 Å². The summed E-state index contributed by atoms with van der Waals surface area (Å²) in [5, 5.41) is 14.4. The lowest BCUT2D eigenvalue weighted by Gasteiger charge is -2.40. The van der Waals surface area contributed by atoms with Gasteiger partial charge in [0.25, 0.3) is 5.69 Å². The first kappa shape index (κ1) is 35.4. The maximum absolute atomic E-state index is 14.0. The number of nitro groups is 1. The molecule has 2 aliphatic heterocycles. The summed E-state index contributed by atoms with van der Waals surface area (Å²) in [5.74, 6) is -2.77. The van der Waals surface area contributed by atoms with Crippen LogP contribution >= 0.6 is 0 Å². The quantitative estimate of drug-likeness (QED) is 0.113. The molecule has 1 fully saturated rings. The van der Waals surface area contributed by atoms with Crippen LogP contribution in [0.3, 0.4) is 0 Å². The molecule has 0 spiro atoms. The molecule has 5 N–H and O–H groups in total. The molecular formula is C35H46N6O6. The average Bonchev–Trinajstić information content (AvgIpc) is 3.09. The van der Waals surface area contributed by atoms with Crippen molar-refractivity contribution in [3.63, 3.8) is 0 Å². The molecule has 0 bridgehead atoms. The van der Waals surface area contributed by atoms with Crippen LogP contribution in [0.25, 0.3) is 0 Å². The Labute approximate surface area is 275 Å².